The van der Waals surface area contributed by atoms with E-state index in [4.69, 9.17) is 5.73 Å². The minimum absolute atomic E-state index is 0.234. The van der Waals surface area contributed by atoms with Crippen LogP contribution >= 0.6 is 0 Å². The summed E-state index contributed by atoms with van der Waals surface area (Å²) in [5.74, 6) is -0.396. The first kappa shape index (κ1) is 16.3. The molecular weight excluding hydrogens is 271 g/mol. The number of carbonyl (C=O) groups excluding carboxylic acids is 1. The fourth-order valence-electron chi connectivity index (χ4n) is 1.54. The Morgan fingerprint density at radius 2 is 2.00 bits per heavy atom. The molecule has 0 aliphatic heterocycles. The topological polar surface area (TPSA) is 58.4 Å². The quantitative estimate of drug-likeness (QED) is 0.819. The van der Waals surface area contributed by atoms with Gasteiger partial charge in [0, 0.05) is 6.54 Å². The number of halogens is 3. The number of alkyl halides is 3. The van der Waals surface area contributed by atoms with Crippen LogP contribution in [0.15, 0.2) is 24.3 Å². The molecule has 20 heavy (non-hydrogen) atoms. The number of hydrogen-bond donors (Lipinski definition) is 2. The summed E-state index contributed by atoms with van der Waals surface area (Å²) in [5.41, 5.74) is 6.54. The molecule has 112 valence electrons. The fraction of sp³-hybridized carbons (Fsp3) is 0.462. The largest absolute Gasteiger partial charge is 0.397 e. The second kappa shape index (κ2) is 6.60. The van der Waals surface area contributed by atoms with Crippen molar-refractivity contribution < 1.29 is 18.0 Å². The second-order valence-corrected chi connectivity index (χ2v) is 4.60. The Kier molecular flexibility index (Phi) is 5.38. The molecule has 0 saturated heterocycles. The maximum absolute atomic E-state index is 12.1. The second-order valence-electron chi connectivity index (χ2n) is 4.60. The Hall–Kier alpha value is -1.76. The predicted octanol–water partition coefficient (Wildman–Crippen LogP) is 2.48. The van der Waals surface area contributed by atoms with E-state index in [2.05, 4.69) is 5.32 Å². The van der Waals surface area contributed by atoms with Gasteiger partial charge in [-0.15, -0.1) is 0 Å². The number of nitrogens with one attached hydrogen (secondary N) is 1. The molecule has 1 atom stereocenters. The highest BCUT2D eigenvalue weighted by Gasteiger charge is 2.29. The van der Waals surface area contributed by atoms with Gasteiger partial charge in [0.15, 0.2) is 0 Å². The minimum atomic E-state index is -4.23. The lowest BCUT2D eigenvalue weighted by Crippen LogP contribution is -2.41. The average Bonchev–Trinajstić information content (AvgIpc) is 2.36. The van der Waals surface area contributed by atoms with Gasteiger partial charge in [-0.3, -0.25) is 9.69 Å². The van der Waals surface area contributed by atoms with Crippen molar-refractivity contribution in [1.82, 2.24) is 4.90 Å². The van der Waals surface area contributed by atoms with Crippen molar-refractivity contribution in [3.8, 4) is 0 Å². The highest BCUT2D eigenvalue weighted by Crippen LogP contribution is 2.20. The Balaban J connectivity index is 2.56. The van der Waals surface area contributed by atoms with Gasteiger partial charge in [0.25, 0.3) is 0 Å². The molecule has 0 aliphatic rings. The van der Waals surface area contributed by atoms with Crippen molar-refractivity contribution in [2.45, 2.75) is 25.6 Å². The van der Waals surface area contributed by atoms with Gasteiger partial charge in [0.05, 0.1) is 23.8 Å². The van der Waals surface area contributed by atoms with Crippen LogP contribution in [0.1, 0.15) is 13.3 Å². The molecule has 0 aliphatic carbocycles. The van der Waals surface area contributed by atoms with E-state index >= 15 is 0 Å². The van der Waals surface area contributed by atoms with E-state index in [1.54, 1.807) is 31.2 Å². The van der Waals surface area contributed by atoms with E-state index in [9.17, 15) is 18.0 Å². The fourth-order valence-corrected chi connectivity index (χ4v) is 1.54. The molecule has 4 nitrogen and oxygen atoms in total. The number of nitrogen functional groups attached to an aromatic ring is 1. The molecule has 0 radical (unpaired) electrons. The number of nitrogens with zero attached hydrogens (tertiary/aromatic N) is 1. The van der Waals surface area contributed by atoms with E-state index in [1.165, 1.54) is 11.9 Å². The van der Waals surface area contributed by atoms with Gasteiger partial charge >= 0.3 is 6.18 Å². The lowest BCUT2D eigenvalue weighted by Gasteiger charge is -2.24. The standard InChI is InChI=1S/C13H18F3N3O/c1-9(19(2)8-7-13(14,15)16)12(20)18-11-6-4-3-5-10(11)17/h3-6,9H,7-8,17H2,1-2H3,(H,18,20). The molecule has 1 aromatic carbocycles. The van der Waals surface area contributed by atoms with E-state index < -0.39 is 24.5 Å². The molecule has 0 spiro atoms. The van der Waals surface area contributed by atoms with Crippen LogP contribution in [0.3, 0.4) is 0 Å². The molecule has 1 unspecified atom stereocenters. The molecule has 0 aromatic heterocycles. The summed E-state index contributed by atoms with van der Waals surface area (Å²) < 4.78 is 36.4. The van der Waals surface area contributed by atoms with Crippen molar-refractivity contribution in [1.29, 1.82) is 0 Å². The first-order chi connectivity index (χ1) is 9.20. The lowest BCUT2D eigenvalue weighted by molar-refractivity contribution is -0.140. The summed E-state index contributed by atoms with van der Waals surface area (Å²) in [6.07, 6.45) is -5.18. The van der Waals surface area contributed by atoms with Crippen molar-refractivity contribution >= 4 is 17.3 Å². The number of rotatable bonds is 5. The molecule has 3 N–H and O–H groups in total. The van der Waals surface area contributed by atoms with E-state index in [-0.39, 0.29) is 6.54 Å². The third-order valence-corrected chi connectivity index (χ3v) is 3.01. The zero-order chi connectivity index (χ0) is 15.3. The molecule has 0 saturated carbocycles. The van der Waals surface area contributed by atoms with E-state index in [1.807, 2.05) is 0 Å². The molecule has 1 rings (SSSR count). The zero-order valence-corrected chi connectivity index (χ0v) is 11.4. The average molecular weight is 289 g/mol. The maximum atomic E-state index is 12.1. The van der Waals surface area contributed by atoms with Gasteiger partial charge in [-0.25, -0.2) is 0 Å². The SMILES string of the molecule is CC(C(=O)Nc1ccccc1N)N(C)CCC(F)(F)F. The van der Waals surface area contributed by atoms with Crippen LogP contribution in [-0.2, 0) is 4.79 Å². The Bertz CT molecular complexity index is 462. The monoisotopic (exact) mass is 289 g/mol. The summed E-state index contributed by atoms with van der Waals surface area (Å²) in [4.78, 5) is 13.3. The van der Waals surface area contributed by atoms with Crippen molar-refractivity contribution in [3.63, 3.8) is 0 Å². The molecule has 7 heteroatoms. The van der Waals surface area contributed by atoms with Crippen LogP contribution in [0.25, 0.3) is 0 Å². The number of hydrogen-bond acceptors (Lipinski definition) is 3. The third kappa shape index (κ3) is 5.08. The van der Waals surface area contributed by atoms with Gasteiger partial charge in [0.2, 0.25) is 5.91 Å². The highest BCUT2D eigenvalue weighted by atomic mass is 19.4. The number of carbonyl (C=O) groups is 1. The minimum Gasteiger partial charge on any atom is -0.397 e. The van der Waals surface area contributed by atoms with E-state index in [0.717, 1.165) is 0 Å². The number of benzene rings is 1. The number of likely N-dealkylation sites (N-methyl/N-ethyl adjacent to an activating group) is 1. The predicted molar refractivity (Wildman–Crippen MR) is 72.2 cm³/mol. The summed E-state index contributed by atoms with van der Waals surface area (Å²) in [7, 11) is 1.48. The van der Waals surface area contributed by atoms with Crippen LogP contribution in [0.5, 0.6) is 0 Å². The van der Waals surface area contributed by atoms with E-state index in [0.29, 0.717) is 11.4 Å². The summed E-state index contributed by atoms with van der Waals surface area (Å²) in [5, 5.41) is 2.60. The van der Waals surface area contributed by atoms with Gasteiger partial charge in [-0.1, -0.05) is 12.1 Å². The van der Waals surface area contributed by atoms with Gasteiger partial charge < -0.3 is 11.1 Å². The van der Waals surface area contributed by atoms with Crippen LogP contribution in [0.4, 0.5) is 24.5 Å². The lowest BCUT2D eigenvalue weighted by atomic mass is 10.2. The Morgan fingerprint density at radius 1 is 1.40 bits per heavy atom. The zero-order valence-electron chi connectivity index (χ0n) is 11.4. The Labute approximate surface area is 115 Å². The first-order valence-corrected chi connectivity index (χ1v) is 6.13. The highest BCUT2D eigenvalue weighted by molar-refractivity contribution is 5.96. The molecule has 0 heterocycles. The summed E-state index contributed by atoms with van der Waals surface area (Å²) >= 11 is 0. The summed E-state index contributed by atoms with van der Waals surface area (Å²) in [6.45, 7) is 1.31. The van der Waals surface area contributed by atoms with Crippen molar-refractivity contribution in [3.05, 3.63) is 24.3 Å². The van der Waals surface area contributed by atoms with Crippen LogP contribution in [-0.4, -0.2) is 36.6 Å². The van der Waals surface area contributed by atoms with Crippen molar-refractivity contribution in [2.24, 2.45) is 0 Å². The molecule has 1 aromatic rings. The maximum Gasteiger partial charge on any atom is 0.390 e. The Morgan fingerprint density at radius 3 is 2.55 bits per heavy atom. The molecule has 0 bridgehead atoms. The number of nitrogens with two attached hydrogens (primary N) is 1. The smallest absolute Gasteiger partial charge is 0.390 e. The van der Waals surface area contributed by atoms with Crippen LogP contribution < -0.4 is 11.1 Å². The molecule has 1 amide bonds. The van der Waals surface area contributed by atoms with Gasteiger partial charge in [-0.2, -0.15) is 13.2 Å². The normalized spacial score (nSPS) is 13.3. The summed E-state index contributed by atoms with van der Waals surface area (Å²) in [6, 6.07) is 6.02. The van der Waals surface area contributed by atoms with Crippen molar-refractivity contribution in [2.75, 3.05) is 24.6 Å². The first-order valence-electron chi connectivity index (χ1n) is 6.13. The van der Waals surface area contributed by atoms with Crippen LogP contribution in [0, 0.1) is 0 Å². The third-order valence-electron chi connectivity index (χ3n) is 3.01. The van der Waals surface area contributed by atoms with Crippen LogP contribution in [0.2, 0.25) is 0 Å². The molecule has 0 fully saturated rings. The molecular formula is C13H18F3N3O. The van der Waals surface area contributed by atoms with Gasteiger partial charge in [0.1, 0.15) is 0 Å². The van der Waals surface area contributed by atoms with Gasteiger partial charge in [-0.05, 0) is 26.1 Å². The number of anilines is 2. The number of amides is 1. The number of para-hydroxylation sites is 2.